The highest BCUT2D eigenvalue weighted by atomic mass is 19.4. The van der Waals surface area contributed by atoms with Crippen LogP contribution in [0.25, 0.3) is 0 Å². The minimum Gasteiger partial charge on any atom is -0.431 e. The van der Waals surface area contributed by atoms with Crippen LogP contribution >= 0.6 is 0 Å². The van der Waals surface area contributed by atoms with E-state index in [2.05, 4.69) is 0 Å². The fourth-order valence-electron chi connectivity index (χ4n) is 3.81. The first-order valence-electron chi connectivity index (χ1n) is 9.63. The van der Waals surface area contributed by atoms with E-state index in [-0.39, 0.29) is 34.8 Å². The first kappa shape index (κ1) is 22.7. The Morgan fingerprint density at radius 1 is 1.29 bits per heavy atom. The Balaban J connectivity index is 2.25. The number of nitrogens with zero attached hydrogens (tertiary/aromatic N) is 1. The Hall–Kier alpha value is -3.01. The molecule has 2 heterocycles. The van der Waals surface area contributed by atoms with Crippen LogP contribution in [0.4, 0.5) is 18.0 Å². The zero-order valence-corrected chi connectivity index (χ0v) is 17.3. The Kier molecular flexibility index (Phi) is 6.04. The summed E-state index contributed by atoms with van der Waals surface area (Å²) in [4.78, 5) is 26.3. The van der Waals surface area contributed by atoms with E-state index < -0.39 is 42.2 Å². The monoisotopic (exact) mass is 441 g/mol. The maximum Gasteiger partial charge on any atom is 0.513 e. The van der Waals surface area contributed by atoms with Gasteiger partial charge in [-0.2, -0.15) is 13.2 Å². The number of cyclic esters (lactones) is 1. The first-order valence-corrected chi connectivity index (χ1v) is 9.63. The molecular weight excluding hydrogens is 419 g/mol. The largest absolute Gasteiger partial charge is 0.513 e. The second kappa shape index (κ2) is 8.26. The minimum absolute atomic E-state index is 0.0246. The van der Waals surface area contributed by atoms with Gasteiger partial charge in [0.15, 0.2) is 0 Å². The average Bonchev–Trinajstić information content (AvgIpc) is 2.95. The SMILES string of the molecule is CCN1C(C)=C(OC(=O)OC(C)C)C(c2ccccc2C(F)(F)F)C2=C1C(O)OC2=O. The lowest BCUT2D eigenvalue weighted by Gasteiger charge is -2.36. The van der Waals surface area contributed by atoms with E-state index in [0.717, 1.165) is 6.07 Å². The normalized spacial score (nSPS) is 21.5. The smallest absolute Gasteiger partial charge is 0.431 e. The maximum absolute atomic E-state index is 13.8. The Labute approximate surface area is 176 Å². The topological polar surface area (TPSA) is 85.3 Å². The van der Waals surface area contributed by atoms with Crippen LogP contribution < -0.4 is 0 Å². The summed E-state index contributed by atoms with van der Waals surface area (Å²) in [7, 11) is 0. The molecule has 10 heteroatoms. The van der Waals surface area contributed by atoms with E-state index >= 15 is 0 Å². The van der Waals surface area contributed by atoms with Gasteiger partial charge in [-0.05, 0) is 39.3 Å². The molecule has 0 spiro atoms. The molecular formula is C21H22F3NO6. The molecule has 0 amide bonds. The van der Waals surface area contributed by atoms with Gasteiger partial charge in [-0.15, -0.1) is 0 Å². The van der Waals surface area contributed by atoms with Crippen molar-refractivity contribution in [2.24, 2.45) is 0 Å². The average molecular weight is 441 g/mol. The van der Waals surface area contributed by atoms with Crippen LogP contribution in [0.15, 0.2) is 47.0 Å². The summed E-state index contributed by atoms with van der Waals surface area (Å²) in [6.07, 6.45) is -8.04. The van der Waals surface area contributed by atoms with Gasteiger partial charge in [-0.25, -0.2) is 9.59 Å². The van der Waals surface area contributed by atoms with Gasteiger partial charge in [0.05, 0.1) is 34.6 Å². The molecule has 1 aromatic rings. The number of ether oxygens (including phenoxy) is 3. The van der Waals surface area contributed by atoms with E-state index in [1.165, 1.54) is 30.0 Å². The van der Waals surface area contributed by atoms with Crippen molar-refractivity contribution in [3.8, 4) is 0 Å². The van der Waals surface area contributed by atoms with E-state index in [9.17, 15) is 27.9 Å². The Morgan fingerprint density at radius 2 is 1.94 bits per heavy atom. The number of esters is 1. The predicted molar refractivity (Wildman–Crippen MR) is 101 cm³/mol. The summed E-state index contributed by atoms with van der Waals surface area (Å²) in [5.41, 5.74) is -1.25. The van der Waals surface area contributed by atoms with Gasteiger partial charge in [0.1, 0.15) is 5.76 Å². The highest BCUT2D eigenvalue weighted by Gasteiger charge is 2.49. The van der Waals surface area contributed by atoms with Crippen molar-refractivity contribution in [3.05, 3.63) is 58.1 Å². The van der Waals surface area contributed by atoms with Crippen LogP contribution in [0.2, 0.25) is 0 Å². The molecule has 2 atom stereocenters. The maximum atomic E-state index is 13.8. The zero-order chi connectivity index (χ0) is 23.1. The molecule has 0 saturated carbocycles. The Bertz CT molecular complexity index is 966. The molecule has 0 fully saturated rings. The second-order valence-corrected chi connectivity index (χ2v) is 7.29. The fourth-order valence-corrected chi connectivity index (χ4v) is 3.81. The number of allylic oxidation sites excluding steroid dienone is 2. The molecule has 1 N–H and O–H groups in total. The van der Waals surface area contributed by atoms with Crippen LogP contribution in [-0.2, 0) is 25.2 Å². The number of rotatable bonds is 4. The lowest BCUT2D eigenvalue weighted by molar-refractivity contribution is -0.153. The summed E-state index contributed by atoms with van der Waals surface area (Å²) in [5, 5.41) is 10.3. The van der Waals surface area contributed by atoms with E-state index in [1.807, 2.05) is 0 Å². The van der Waals surface area contributed by atoms with Gasteiger partial charge in [0.2, 0.25) is 6.29 Å². The van der Waals surface area contributed by atoms with Crippen molar-refractivity contribution < 1.29 is 42.1 Å². The van der Waals surface area contributed by atoms with Gasteiger partial charge in [-0.3, -0.25) is 0 Å². The molecule has 1 aromatic carbocycles. The number of aliphatic hydroxyl groups is 1. The summed E-state index contributed by atoms with van der Waals surface area (Å²) in [6.45, 7) is 6.63. The number of carbonyl (C=O) groups is 2. The summed E-state index contributed by atoms with van der Waals surface area (Å²) in [6, 6.07) is 4.67. The summed E-state index contributed by atoms with van der Waals surface area (Å²) in [5.74, 6) is -2.62. The van der Waals surface area contributed by atoms with Crippen LogP contribution in [0.5, 0.6) is 0 Å². The minimum atomic E-state index is -4.74. The van der Waals surface area contributed by atoms with Crippen molar-refractivity contribution in [3.63, 3.8) is 0 Å². The van der Waals surface area contributed by atoms with Gasteiger partial charge in [-0.1, -0.05) is 18.2 Å². The van der Waals surface area contributed by atoms with Crippen molar-refractivity contribution in [2.75, 3.05) is 6.54 Å². The third-order valence-electron chi connectivity index (χ3n) is 4.97. The third kappa shape index (κ3) is 4.12. The molecule has 7 nitrogen and oxygen atoms in total. The molecule has 168 valence electrons. The number of likely N-dealkylation sites (N-methyl/N-ethyl adjacent to an activating group) is 1. The van der Waals surface area contributed by atoms with Crippen LogP contribution in [0, 0.1) is 0 Å². The van der Waals surface area contributed by atoms with Gasteiger partial charge in [0, 0.05) is 6.54 Å². The molecule has 0 saturated heterocycles. The van der Waals surface area contributed by atoms with E-state index in [0.29, 0.717) is 0 Å². The van der Waals surface area contributed by atoms with Crippen LogP contribution in [0.1, 0.15) is 44.7 Å². The van der Waals surface area contributed by atoms with Crippen molar-refractivity contribution in [2.45, 2.75) is 52.2 Å². The molecule has 0 bridgehead atoms. The number of hydrogen-bond acceptors (Lipinski definition) is 7. The fraction of sp³-hybridized carbons (Fsp3) is 0.429. The number of alkyl halides is 3. The standard InChI is InChI=1S/C21H22F3NO6/c1-5-25-11(4)17(30-20(28)29-10(2)3)14(15-16(25)19(27)31-18(15)26)12-8-6-7-9-13(12)21(22,23)24/h6-10,14,19,27H,5H2,1-4H3. The number of halogens is 3. The molecule has 31 heavy (non-hydrogen) atoms. The summed E-state index contributed by atoms with van der Waals surface area (Å²) >= 11 is 0. The first-order chi connectivity index (χ1) is 14.5. The van der Waals surface area contributed by atoms with E-state index in [1.54, 1.807) is 20.8 Å². The number of benzene rings is 1. The lowest BCUT2D eigenvalue weighted by atomic mass is 9.82. The summed E-state index contributed by atoms with van der Waals surface area (Å²) < 4.78 is 56.6. The molecule has 3 rings (SSSR count). The van der Waals surface area contributed by atoms with Gasteiger partial charge in [0.25, 0.3) is 0 Å². The number of hydrogen-bond donors (Lipinski definition) is 1. The zero-order valence-electron chi connectivity index (χ0n) is 17.3. The van der Waals surface area contributed by atoms with Crippen LogP contribution in [0.3, 0.4) is 0 Å². The van der Waals surface area contributed by atoms with Crippen molar-refractivity contribution in [1.29, 1.82) is 0 Å². The lowest BCUT2D eigenvalue weighted by Crippen LogP contribution is -2.35. The second-order valence-electron chi connectivity index (χ2n) is 7.29. The van der Waals surface area contributed by atoms with E-state index in [4.69, 9.17) is 14.2 Å². The van der Waals surface area contributed by atoms with Gasteiger partial charge >= 0.3 is 18.3 Å². The number of carbonyl (C=O) groups excluding carboxylic acids is 2. The quantitative estimate of drug-likeness (QED) is 0.706. The van der Waals surface area contributed by atoms with Crippen molar-refractivity contribution in [1.82, 2.24) is 4.90 Å². The molecule has 0 aliphatic carbocycles. The molecule has 0 radical (unpaired) electrons. The molecule has 2 aliphatic heterocycles. The number of aliphatic hydroxyl groups excluding tert-OH is 1. The highest BCUT2D eigenvalue weighted by molar-refractivity contribution is 5.95. The highest BCUT2D eigenvalue weighted by Crippen LogP contribution is 2.49. The van der Waals surface area contributed by atoms with Crippen molar-refractivity contribution >= 4 is 12.1 Å². The molecule has 2 aliphatic rings. The van der Waals surface area contributed by atoms with Gasteiger partial charge < -0.3 is 24.2 Å². The predicted octanol–water partition coefficient (Wildman–Crippen LogP) is 4.05. The van der Waals surface area contributed by atoms with Crippen LogP contribution in [-0.4, -0.2) is 41.1 Å². The Morgan fingerprint density at radius 3 is 2.52 bits per heavy atom. The molecule has 0 aromatic heterocycles. The third-order valence-corrected chi connectivity index (χ3v) is 4.97. The molecule has 2 unspecified atom stereocenters.